The Balaban J connectivity index is 2.07. The van der Waals surface area contributed by atoms with E-state index < -0.39 is 0 Å². The molecule has 2 rings (SSSR count). The third-order valence-corrected chi connectivity index (χ3v) is 2.67. The monoisotopic (exact) mass is 249 g/mol. The first-order valence-electron chi connectivity index (χ1n) is 4.92. The van der Waals surface area contributed by atoms with Crippen molar-refractivity contribution in [1.29, 1.82) is 0 Å². The number of H-pyrrole nitrogens is 1. The molecular weight excluding hydrogens is 238 g/mol. The molecule has 2 aromatic rings. The highest BCUT2D eigenvalue weighted by atomic mass is 32.1. The summed E-state index contributed by atoms with van der Waals surface area (Å²) in [5, 5.41) is 6.82. The van der Waals surface area contributed by atoms with Crippen LogP contribution in [0.25, 0.3) is 0 Å². The Morgan fingerprint density at radius 3 is 2.94 bits per heavy atom. The van der Waals surface area contributed by atoms with Gasteiger partial charge in [0.05, 0.1) is 16.9 Å². The van der Waals surface area contributed by atoms with Crippen molar-refractivity contribution in [3.05, 3.63) is 38.2 Å². The molecule has 2 heterocycles. The number of nitrogens with zero attached hydrogens (tertiary/aromatic N) is 3. The summed E-state index contributed by atoms with van der Waals surface area (Å²) in [6, 6.07) is 1.42. The fourth-order valence-corrected chi connectivity index (χ4v) is 1.79. The molecule has 2 aromatic heterocycles. The van der Waals surface area contributed by atoms with Gasteiger partial charge in [0, 0.05) is 17.1 Å². The van der Waals surface area contributed by atoms with Crippen LogP contribution in [0.15, 0.2) is 21.3 Å². The molecule has 6 nitrogen and oxygen atoms in total. The lowest BCUT2D eigenvalue weighted by molar-refractivity contribution is 1.04. The maximum Gasteiger partial charge on any atom is 0.252 e. The fraction of sp³-hybridized carbons (Fsp3) is 0.200. The molecule has 2 N–H and O–H groups in total. The van der Waals surface area contributed by atoms with Crippen molar-refractivity contribution in [1.82, 2.24) is 15.0 Å². The number of hydrogen-bond donors (Lipinski definition) is 2. The molecule has 0 fully saturated rings. The maximum atomic E-state index is 11.1. The Labute approximate surface area is 101 Å². The number of hydrogen-bond acceptors (Lipinski definition) is 6. The Hall–Kier alpha value is -2.02. The summed E-state index contributed by atoms with van der Waals surface area (Å²) in [6.45, 7) is 3.67. The zero-order chi connectivity index (χ0) is 12.3. The Morgan fingerprint density at radius 2 is 2.29 bits per heavy atom. The maximum absolute atomic E-state index is 11.1. The van der Waals surface area contributed by atoms with Crippen LogP contribution in [0, 0.1) is 13.8 Å². The minimum absolute atomic E-state index is 0.209. The van der Waals surface area contributed by atoms with Gasteiger partial charge in [-0.3, -0.25) is 9.78 Å². The van der Waals surface area contributed by atoms with Gasteiger partial charge in [0.1, 0.15) is 0 Å². The highest BCUT2D eigenvalue weighted by Gasteiger charge is 1.96. The van der Waals surface area contributed by atoms with Crippen molar-refractivity contribution >= 4 is 23.5 Å². The van der Waals surface area contributed by atoms with Gasteiger partial charge in [0.2, 0.25) is 5.95 Å². The Kier molecular flexibility index (Phi) is 3.29. The van der Waals surface area contributed by atoms with Gasteiger partial charge in [-0.1, -0.05) is 0 Å². The lowest BCUT2D eigenvalue weighted by atomic mass is 10.5. The lowest BCUT2D eigenvalue weighted by Crippen LogP contribution is -2.10. The normalized spacial score (nSPS) is 10.9. The number of nitrogens with one attached hydrogen (secondary N) is 2. The van der Waals surface area contributed by atoms with E-state index in [2.05, 4.69) is 25.5 Å². The Bertz CT molecular complexity index is 601. The predicted molar refractivity (Wildman–Crippen MR) is 67.7 cm³/mol. The average molecular weight is 249 g/mol. The number of rotatable bonds is 3. The van der Waals surface area contributed by atoms with E-state index in [1.807, 2.05) is 12.3 Å². The molecule has 17 heavy (non-hydrogen) atoms. The quantitative estimate of drug-likeness (QED) is 0.634. The number of aryl methyl sites for hydroxylation is 2. The van der Waals surface area contributed by atoms with Crippen molar-refractivity contribution < 1.29 is 0 Å². The van der Waals surface area contributed by atoms with E-state index in [4.69, 9.17) is 0 Å². The standard InChI is InChI=1S/C10H11N5OS/c1-6-3-9(16)14-10(12-6)15-11-4-8-5-17-7(2)13-8/h3-5H,1-2H3,(H2,12,14,15,16)/b11-4-. The summed E-state index contributed by atoms with van der Waals surface area (Å²) >= 11 is 1.55. The number of hydrazone groups is 1. The van der Waals surface area contributed by atoms with Gasteiger partial charge >= 0.3 is 0 Å². The first-order valence-corrected chi connectivity index (χ1v) is 5.80. The van der Waals surface area contributed by atoms with Crippen molar-refractivity contribution in [2.75, 3.05) is 5.43 Å². The third kappa shape index (κ3) is 3.22. The van der Waals surface area contributed by atoms with E-state index in [-0.39, 0.29) is 5.56 Å². The summed E-state index contributed by atoms with van der Waals surface area (Å²) < 4.78 is 0. The largest absolute Gasteiger partial charge is 0.291 e. The van der Waals surface area contributed by atoms with Crippen molar-refractivity contribution in [3.8, 4) is 0 Å². The van der Waals surface area contributed by atoms with Crippen LogP contribution in [-0.4, -0.2) is 21.2 Å². The number of aromatic amines is 1. The molecule has 0 unspecified atom stereocenters. The van der Waals surface area contributed by atoms with Gasteiger partial charge in [-0.2, -0.15) is 5.10 Å². The molecule has 7 heteroatoms. The molecule has 0 saturated carbocycles. The predicted octanol–water partition coefficient (Wildman–Crippen LogP) is 1.29. The van der Waals surface area contributed by atoms with Gasteiger partial charge in [0.25, 0.3) is 5.56 Å². The van der Waals surface area contributed by atoms with E-state index in [0.717, 1.165) is 10.7 Å². The van der Waals surface area contributed by atoms with Gasteiger partial charge in [-0.05, 0) is 13.8 Å². The SMILES string of the molecule is Cc1cc(=O)[nH]c(N/N=C\c2csc(C)n2)n1. The van der Waals surface area contributed by atoms with Crippen molar-refractivity contribution in [2.45, 2.75) is 13.8 Å². The van der Waals surface area contributed by atoms with Crippen LogP contribution in [0.4, 0.5) is 5.95 Å². The molecular formula is C10H11N5OS. The molecule has 0 aliphatic heterocycles. The molecule has 0 radical (unpaired) electrons. The smallest absolute Gasteiger partial charge is 0.252 e. The number of aromatic nitrogens is 3. The molecule has 0 atom stereocenters. The minimum atomic E-state index is -0.209. The fourth-order valence-electron chi connectivity index (χ4n) is 1.23. The molecule has 0 aliphatic rings. The second-order valence-corrected chi connectivity index (χ2v) is 4.46. The molecule has 0 aromatic carbocycles. The van der Waals surface area contributed by atoms with E-state index in [1.54, 1.807) is 24.5 Å². The van der Waals surface area contributed by atoms with E-state index in [1.165, 1.54) is 6.07 Å². The zero-order valence-electron chi connectivity index (χ0n) is 9.39. The molecule has 0 bridgehead atoms. The van der Waals surface area contributed by atoms with Gasteiger partial charge in [0.15, 0.2) is 0 Å². The second kappa shape index (κ2) is 4.88. The third-order valence-electron chi connectivity index (χ3n) is 1.87. The minimum Gasteiger partial charge on any atom is -0.291 e. The summed E-state index contributed by atoms with van der Waals surface area (Å²) in [6.07, 6.45) is 1.58. The van der Waals surface area contributed by atoms with Gasteiger partial charge in [-0.25, -0.2) is 15.4 Å². The molecule has 0 saturated heterocycles. The summed E-state index contributed by atoms with van der Waals surface area (Å²) in [5.74, 6) is 0.318. The van der Waals surface area contributed by atoms with Crippen LogP contribution in [0.3, 0.4) is 0 Å². The highest BCUT2D eigenvalue weighted by Crippen LogP contribution is 2.05. The van der Waals surface area contributed by atoms with Crippen LogP contribution in [-0.2, 0) is 0 Å². The van der Waals surface area contributed by atoms with Crippen LogP contribution < -0.4 is 11.0 Å². The van der Waals surface area contributed by atoms with E-state index >= 15 is 0 Å². The van der Waals surface area contributed by atoms with Crippen LogP contribution in [0.5, 0.6) is 0 Å². The first-order chi connectivity index (χ1) is 8.13. The Morgan fingerprint density at radius 1 is 1.47 bits per heavy atom. The van der Waals surface area contributed by atoms with Gasteiger partial charge in [-0.15, -0.1) is 11.3 Å². The number of thiazole rings is 1. The molecule has 0 spiro atoms. The molecule has 0 amide bonds. The van der Waals surface area contributed by atoms with E-state index in [9.17, 15) is 4.79 Å². The summed E-state index contributed by atoms with van der Waals surface area (Å²) in [4.78, 5) is 22.0. The van der Waals surface area contributed by atoms with Crippen LogP contribution in [0.1, 0.15) is 16.4 Å². The molecule has 0 aliphatic carbocycles. The first kappa shape index (κ1) is 11.5. The van der Waals surface area contributed by atoms with Crippen molar-refractivity contribution in [3.63, 3.8) is 0 Å². The van der Waals surface area contributed by atoms with Crippen LogP contribution >= 0.6 is 11.3 Å². The second-order valence-electron chi connectivity index (χ2n) is 3.40. The summed E-state index contributed by atoms with van der Waals surface area (Å²) in [7, 11) is 0. The average Bonchev–Trinajstić information content (AvgIpc) is 2.63. The van der Waals surface area contributed by atoms with Crippen molar-refractivity contribution in [2.24, 2.45) is 5.10 Å². The topological polar surface area (TPSA) is 83.0 Å². The van der Waals surface area contributed by atoms with Crippen LogP contribution in [0.2, 0.25) is 0 Å². The zero-order valence-corrected chi connectivity index (χ0v) is 10.2. The highest BCUT2D eigenvalue weighted by molar-refractivity contribution is 7.09. The number of anilines is 1. The lowest BCUT2D eigenvalue weighted by Gasteiger charge is -1.98. The molecule has 88 valence electrons. The summed E-state index contributed by atoms with van der Waals surface area (Å²) in [5.41, 5.74) is 3.85. The van der Waals surface area contributed by atoms with Gasteiger partial charge < -0.3 is 0 Å². The van der Waals surface area contributed by atoms with E-state index in [0.29, 0.717) is 11.6 Å².